The van der Waals surface area contributed by atoms with Gasteiger partial charge < -0.3 is 10.6 Å². The second kappa shape index (κ2) is 8.46. The lowest BCUT2D eigenvalue weighted by molar-refractivity contribution is -0.137. The summed E-state index contributed by atoms with van der Waals surface area (Å²) in [6, 6.07) is 9.28. The molecule has 0 radical (unpaired) electrons. The van der Waals surface area contributed by atoms with Crippen LogP contribution >= 0.6 is 0 Å². The lowest BCUT2D eigenvalue weighted by atomic mass is 10.0. The number of anilines is 4. The Labute approximate surface area is 167 Å². The number of rotatable bonds is 6. The van der Waals surface area contributed by atoms with Gasteiger partial charge in [0.15, 0.2) is 0 Å². The fourth-order valence-electron chi connectivity index (χ4n) is 2.85. The first kappa shape index (κ1) is 20.6. The third-order valence-corrected chi connectivity index (χ3v) is 4.23. The van der Waals surface area contributed by atoms with Gasteiger partial charge >= 0.3 is 6.18 Å². The van der Waals surface area contributed by atoms with Gasteiger partial charge in [0.05, 0.1) is 28.8 Å². The standard InChI is InChI=1S/C21H22F3N5/c1-13(2)10-15-4-6-16(7-5-15)28-20-26-12-19(14(3)27-20)29-18-8-9-25-11-17(18)21(22,23)24/h4-9,11-13H,10H2,1-3H3,(H,25,29)(H,26,27,28). The third-order valence-electron chi connectivity index (χ3n) is 4.23. The smallest absolute Gasteiger partial charge is 0.352 e. The Morgan fingerprint density at radius 2 is 1.69 bits per heavy atom. The predicted octanol–water partition coefficient (Wildman–Crippen LogP) is 5.88. The molecule has 2 heterocycles. The Hall–Kier alpha value is -3.16. The second-order valence-corrected chi connectivity index (χ2v) is 7.16. The van der Waals surface area contributed by atoms with Crippen LogP contribution in [0, 0.1) is 12.8 Å². The Morgan fingerprint density at radius 1 is 0.966 bits per heavy atom. The van der Waals surface area contributed by atoms with E-state index in [-0.39, 0.29) is 5.69 Å². The van der Waals surface area contributed by atoms with Crippen molar-refractivity contribution in [3.8, 4) is 0 Å². The van der Waals surface area contributed by atoms with Gasteiger partial charge in [-0.05, 0) is 43.0 Å². The first-order chi connectivity index (χ1) is 13.7. The van der Waals surface area contributed by atoms with Crippen LogP contribution in [0.1, 0.15) is 30.7 Å². The van der Waals surface area contributed by atoms with E-state index in [0.717, 1.165) is 18.3 Å². The van der Waals surface area contributed by atoms with E-state index in [0.29, 0.717) is 23.2 Å². The molecule has 0 unspecified atom stereocenters. The number of aryl methyl sites for hydroxylation is 1. The molecule has 0 aliphatic rings. The van der Waals surface area contributed by atoms with Crippen molar-refractivity contribution in [1.82, 2.24) is 15.0 Å². The van der Waals surface area contributed by atoms with Gasteiger partial charge in [-0.3, -0.25) is 4.98 Å². The molecule has 5 nitrogen and oxygen atoms in total. The zero-order valence-electron chi connectivity index (χ0n) is 16.4. The summed E-state index contributed by atoms with van der Waals surface area (Å²) < 4.78 is 39.4. The highest BCUT2D eigenvalue weighted by molar-refractivity contribution is 5.65. The summed E-state index contributed by atoms with van der Waals surface area (Å²) in [7, 11) is 0. The van der Waals surface area contributed by atoms with Gasteiger partial charge in [0.25, 0.3) is 0 Å². The zero-order valence-corrected chi connectivity index (χ0v) is 16.4. The van der Waals surface area contributed by atoms with E-state index in [9.17, 15) is 13.2 Å². The maximum Gasteiger partial charge on any atom is 0.419 e. The van der Waals surface area contributed by atoms with E-state index in [1.165, 1.54) is 24.0 Å². The summed E-state index contributed by atoms with van der Waals surface area (Å²) in [5, 5.41) is 5.86. The summed E-state index contributed by atoms with van der Waals surface area (Å²) in [6.07, 6.45) is 0.0438. The van der Waals surface area contributed by atoms with Crippen LogP contribution in [0.3, 0.4) is 0 Å². The van der Waals surface area contributed by atoms with Crippen molar-refractivity contribution in [1.29, 1.82) is 0 Å². The van der Waals surface area contributed by atoms with Crippen LogP contribution < -0.4 is 10.6 Å². The molecule has 152 valence electrons. The molecule has 8 heteroatoms. The molecule has 0 saturated carbocycles. The summed E-state index contributed by atoms with van der Waals surface area (Å²) >= 11 is 0. The first-order valence-electron chi connectivity index (χ1n) is 9.20. The van der Waals surface area contributed by atoms with Crippen LogP contribution in [-0.2, 0) is 12.6 Å². The van der Waals surface area contributed by atoms with E-state index in [1.807, 2.05) is 24.3 Å². The highest BCUT2D eigenvalue weighted by Gasteiger charge is 2.34. The van der Waals surface area contributed by atoms with Gasteiger partial charge in [-0.2, -0.15) is 13.2 Å². The highest BCUT2D eigenvalue weighted by atomic mass is 19.4. The van der Waals surface area contributed by atoms with Crippen LogP contribution in [0.15, 0.2) is 48.9 Å². The van der Waals surface area contributed by atoms with Gasteiger partial charge in [-0.1, -0.05) is 26.0 Å². The summed E-state index contributed by atoms with van der Waals surface area (Å²) in [5.74, 6) is 0.952. The first-order valence-corrected chi connectivity index (χ1v) is 9.20. The molecule has 0 aliphatic carbocycles. The summed E-state index contributed by atoms with van der Waals surface area (Å²) in [5.41, 5.74) is 2.05. The molecule has 0 fully saturated rings. The van der Waals surface area contributed by atoms with E-state index in [4.69, 9.17) is 0 Å². The average molecular weight is 401 g/mol. The van der Waals surface area contributed by atoms with Crippen molar-refractivity contribution in [3.05, 3.63) is 65.7 Å². The Balaban J connectivity index is 1.74. The van der Waals surface area contributed by atoms with Crippen LogP contribution in [0.4, 0.5) is 36.2 Å². The molecule has 3 rings (SSSR count). The summed E-state index contributed by atoms with van der Waals surface area (Å²) in [4.78, 5) is 12.1. The van der Waals surface area contributed by atoms with Crippen LogP contribution in [0.25, 0.3) is 0 Å². The van der Waals surface area contributed by atoms with E-state index in [1.54, 1.807) is 6.92 Å². The van der Waals surface area contributed by atoms with Gasteiger partial charge in [-0.25, -0.2) is 9.97 Å². The number of aromatic nitrogens is 3. The van der Waals surface area contributed by atoms with Crippen molar-refractivity contribution >= 4 is 23.0 Å². The lowest BCUT2D eigenvalue weighted by Crippen LogP contribution is -2.10. The molecule has 2 N–H and O–H groups in total. The lowest BCUT2D eigenvalue weighted by Gasteiger charge is -2.15. The molecular formula is C21H22F3N5. The Morgan fingerprint density at radius 3 is 2.31 bits per heavy atom. The maximum atomic E-state index is 13.1. The fourth-order valence-corrected chi connectivity index (χ4v) is 2.85. The normalized spacial score (nSPS) is 11.6. The molecule has 0 saturated heterocycles. The maximum absolute atomic E-state index is 13.1. The minimum absolute atomic E-state index is 0.0966. The topological polar surface area (TPSA) is 62.7 Å². The summed E-state index contributed by atoms with van der Waals surface area (Å²) in [6.45, 7) is 6.04. The molecule has 0 aliphatic heterocycles. The molecule has 1 aromatic carbocycles. The molecule has 0 amide bonds. The monoisotopic (exact) mass is 401 g/mol. The van der Waals surface area contributed by atoms with Crippen molar-refractivity contribution in [2.75, 3.05) is 10.6 Å². The van der Waals surface area contributed by atoms with Gasteiger partial charge in [-0.15, -0.1) is 0 Å². The minimum atomic E-state index is -4.51. The van der Waals surface area contributed by atoms with Gasteiger partial charge in [0.2, 0.25) is 5.95 Å². The largest absolute Gasteiger partial charge is 0.419 e. The number of alkyl halides is 3. The quantitative estimate of drug-likeness (QED) is 0.540. The number of hydrogen-bond donors (Lipinski definition) is 2. The molecule has 0 bridgehead atoms. The molecule has 0 spiro atoms. The molecule has 2 aromatic heterocycles. The van der Waals surface area contributed by atoms with Crippen LogP contribution in [-0.4, -0.2) is 15.0 Å². The average Bonchev–Trinajstić information content (AvgIpc) is 2.65. The fraction of sp³-hybridized carbons (Fsp3) is 0.286. The Bertz CT molecular complexity index is 969. The number of hydrogen-bond acceptors (Lipinski definition) is 5. The molecule has 0 atom stereocenters. The molecular weight excluding hydrogens is 379 g/mol. The number of pyridine rings is 1. The number of nitrogens with one attached hydrogen (secondary N) is 2. The third kappa shape index (κ3) is 5.43. The number of nitrogens with zero attached hydrogens (tertiary/aromatic N) is 3. The van der Waals surface area contributed by atoms with Crippen LogP contribution in [0.5, 0.6) is 0 Å². The van der Waals surface area contributed by atoms with Gasteiger partial charge in [0.1, 0.15) is 0 Å². The van der Waals surface area contributed by atoms with Gasteiger partial charge in [0, 0.05) is 18.1 Å². The van der Waals surface area contributed by atoms with Crippen molar-refractivity contribution in [3.63, 3.8) is 0 Å². The number of halogens is 3. The van der Waals surface area contributed by atoms with Crippen molar-refractivity contribution in [2.45, 2.75) is 33.4 Å². The SMILES string of the molecule is Cc1nc(Nc2ccc(CC(C)C)cc2)ncc1Nc1ccncc1C(F)(F)F. The second-order valence-electron chi connectivity index (χ2n) is 7.16. The predicted molar refractivity (Wildman–Crippen MR) is 108 cm³/mol. The van der Waals surface area contributed by atoms with Crippen molar-refractivity contribution in [2.24, 2.45) is 5.92 Å². The minimum Gasteiger partial charge on any atom is -0.352 e. The Kier molecular flexibility index (Phi) is 6.00. The molecule has 29 heavy (non-hydrogen) atoms. The van der Waals surface area contributed by atoms with Crippen molar-refractivity contribution < 1.29 is 13.2 Å². The van der Waals surface area contributed by atoms with E-state index in [2.05, 4.69) is 39.4 Å². The highest BCUT2D eigenvalue weighted by Crippen LogP contribution is 2.35. The van der Waals surface area contributed by atoms with E-state index >= 15 is 0 Å². The zero-order chi connectivity index (χ0) is 21.0. The molecule has 3 aromatic rings. The number of benzene rings is 1. The van der Waals surface area contributed by atoms with E-state index < -0.39 is 11.7 Å². The van der Waals surface area contributed by atoms with Crippen LogP contribution in [0.2, 0.25) is 0 Å².